The van der Waals surface area contributed by atoms with Crippen molar-refractivity contribution in [2.45, 2.75) is 43.8 Å². The van der Waals surface area contributed by atoms with Crippen molar-refractivity contribution >= 4 is 39.4 Å². The Morgan fingerprint density at radius 2 is 2.21 bits per heavy atom. The number of pyridine rings is 1. The summed E-state index contributed by atoms with van der Waals surface area (Å²) < 4.78 is 2.76. The van der Waals surface area contributed by atoms with Crippen molar-refractivity contribution in [3.05, 3.63) is 22.8 Å². The van der Waals surface area contributed by atoms with E-state index >= 15 is 0 Å². The maximum absolute atomic E-state index is 12.6. The molecule has 0 bridgehead atoms. The summed E-state index contributed by atoms with van der Waals surface area (Å²) >= 11 is 4.74. The molecule has 1 saturated carbocycles. The molecule has 0 atom stereocenters. The van der Waals surface area contributed by atoms with E-state index in [9.17, 15) is 4.79 Å². The SMILES string of the molecule is CCN(C(=O)CSc1nnnn1C1CCCC1)c1ccc(Br)cn1. The minimum absolute atomic E-state index is 0.00158. The fraction of sp³-hybridized carbons (Fsp3) is 0.533. The quantitative estimate of drug-likeness (QED) is 0.680. The first-order valence-electron chi connectivity index (χ1n) is 8.01. The van der Waals surface area contributed by atoms with Crippen molar-refractivity contribution in [2.75, 3.05) is 17.2 Å². The van der Waals surface area contributed by atoms with E-state index < -0.39 is 0 Å². The van der Waals surface area contributed by atoms with Crippen molar-refractivity contribution in [1.82, 2.24) is 25.2 Å². The van der Waals surface area contributed by atoms with Gasteiger partial charge in [-0.15, -0.1) is 5.10 Å². The lowest BCUT2D eigenvalue weighted by Gasteiger charge is -2.19. The van der Waals surface area contributed by atoms with Crippen molar-refractivity contribution in [3.8, 4) is 0 Å². The van der Waals surface area contributed by atoms with Gasteiger partial charge in [-0.2, -0.15) is 0 Å². The van der Waals surface area contributed by atoms with E-state index in [-0.39, 0.29) is 5.91 Å². The summed E-state index contributed by atoms with van der Waals surface area (Å²) in [4.78, 5) is 18.5. The number of amides is 1. The molecule has 2 aromatic rings. The Balaban J connectivity index is 1.64. The van der Waals surface area contributed by atoms with Crippen LogP contribution in [0.4, 0.5) is 5.82 Å². The number of aromatic nitrogens is 5. The summed E-state index contributed by atoms with van der Waals surface area (Å²) in [5.41, 5.74) is 0. The molecule has 1 aliphatic rings. The van der Waals surface area contributed by atoms with Gasteiger partial charge in [-0.25, -0.2) is 9.67 Å². The van der Waals surface area contributed by atoms with Crippen LogP contribution in [0.1, 0.15) is 38.6 Å². The van der Waals surface area contributed by atoms with Crippen molar-refractivity contribution in [2.24, 2.45) is 0 Å². The number of hydrogen-bond acceptors (Lipinski definition) is 6. The normalized spacial score (nSPS) is 14.9. The van der Waals surface area contributed by atoms with Gasteiger partial charge in [0.25, 0.3) is 0 Å². The molecular weight excluding hydrogens is 392 g/mol. The lowest BCUT2D eigenvalue weighted by molar-refractivity contribution is -0.116. The Morgan fingerprint density at radius 1 is 1.42 bits per heavy atom. The molecule has 0 N–H and O–H groups in total. The van der Waals surface area contributed by atoms with Crippen molar-refractivity contribution < 1.29 is 4.79 Å². The first kappa shape index (κ1) is 17.3. The van der Waals surface area contributed by atoms with Crippen LogP contribution in [0.2, 0.25) is 0 Å². The van der Waals surface area contributed by atoms with Crippen LogP contribution in [0, 0.1) is 0 Å². The average molecular weight is 411 g/mol. The van der Waals surface area contributed by atoms with Gasteiger partial charge in [0.2, 0.25) is 11.1 Å². The highest BCUT2D eigenvalue weighted by atomic mass is 79.9. The lowest BCUT2D eigenvalue weighted by atomic mass is 10.3. The van der Waals surface area contributed by atoms with Gasteiger partial charge >= 0.3 is 0 Å². The third-order valence-electron chi connectivity index (χ3n) is 4.06. The molecule has 1 aliphatic carbocycles. The number of carbonyl (C=O) groups is 1. The molecule has 1 amide bonds. The standard InChI is InChI=1S/C15H19BrN6OS/c1-2-21(13-8-7-11(16)9-17-13)14(23)10-24-15-18-19-20-22(15)12-5-3-4-6-12/h7-9,12H,2-6,10H2,1H3. The van der Waals surface area contributed by atoms with Crippen LogP contribution in [-0.2, 0) is 4.79 Å². The summed E-state index contributed by atoms with van der Waals surface area (Å²) in [7, 11) is 0. The molecule has 0 saturated heterocycles. The summed E-state index contributed by atoms with van der Waals surface area (Å²) in [5, 5.41) is 12.7. The van der Waals surface area contributed by atoms with Crippen LogP contribution in [0.5, 0.6) is 0 Å². The molecule has 2 aromatic heterocycles. The highest BCUT2D eigenvalue weighted by Gasteiger charge is 2.23. The number of thioether (sulfide) groups is 1. The Morgan fingerprint density at radius 3 is 2.88 bits per heavy atom. The van der Waals surface area contributed by atoms with E-state index in [0.717, 1.165) is 22.5 Å². The number of hydrogen-bond donors (Lipinski definition) is 0. The van der Waals surface area contributed by atoms with E-state index in [1.165, 1.54) is 24.6 Å². The second kappa shape index (κ2) is 8.06. The Hall–Kier alpha value is -1.48. The first-order chi connectivity index (χ1) is 11.7. The largest absolute Gasteiger partial charge is 0.296 e. The minimum Gasteiger partial charge on any atom is -0.296 e. The van der Waals surface area contributed by atoms with E-state index in [0.29, 0.717) is 24.2 Å². The maximum Gasteiger partial charge on any atom is 0.238 e. The highest BCUT2D eigenvalue weighted by Crippen LogP contribution is 2.31. The Kier molecular flexibility index (Phi) is 5.83. The van der Waals surface area contributed by atoms with Gasteiger partial charge in [-0.1, -0.05) is 24.6 Å². The van der Waals surface area contributed by atoms with E-state index in [2.05, 4.69) is 36.4 Å². The van der Waals surface area contributed by atoms with Crippen LogP contribution in [0.15, 0.2) is 28.0 Å². The number of rotatable bonds is 6. The molecule has 0 aliphatic heterocycles. The molecule has 3 rings (SSSR count). The zero-order valence-corrected chi connectivity index (χ0v) is 15.8. The van der Waals surface area contributed by atoms with E-state index in [4.69, 9.17) is 0 Å². The molecule has 0 unspecified atom stereocenters. The second-order valence-electron chi connectivity index (χ2n) is 5.61. The summed E-state index contributed by atoms with van der Waals surface area (Å²) in [6.07, 6.45) is 6.34. The minimum atomic E-state index is -0.00158. The smallest absolute Gasteiger partial charge is 0.238 e. The number of nitrogens with zero attached hydrogens (tertiary/aromatic N) is 6. The summed E-state index contributed by atoms with van der Waals surface area (Å²) in [5.74, 6) is 0.943. The van der Waals surface area contributed by atoms with Crippen LogP contribution in [0.3, 0.4) is 0 Å². The number of halogens is 1. The molecule has 0 spiro atoms. The summed E-state index contributed by atoms with van der Waals surface area (Å²) in [6.45, 7) is 2.51. The molecule has 2 heterocycles. The maximum atomic E-state index is 12.6. The molecule has 9 heteroatoms. The van der Waals surface area contributed by atoms with Crippen molar-refractivity contribution in [1.29, 1.82) is 0 Å². The van der Waals surface area contributed by atoms with Crippen LogP contribution >= 0.6 is 27.7 Å². The lowest BCUT2D eigenvalue weighted by Crippen LogP contribution is -2.32. The summed E-state index contributed by atoms with van der Waals surface area (Å²) in [6, 6.07) is 4.08. The number of anilines is 1. The second-order valence-corrected chi connectivity index (χ2v) is 7.46. The molecular formula is C15H19BrN6OS. The predicted molar refractivity (Wildman–Crippen MR) is 96.0 cm³/mol. The van der Waals surface area contributed by atoms with Crippen LogP contribution in [-0.4, -0.2) is 43.4 Å². The van der Waals surface area contributed by atoms with Gasteiger partial charge in [0.15, 0.2) is 0 Å². The van der Waals surface area contributed by atoms with Gasteiger partial charge < -0.3 is 0 Å². The molecule has 0 radical (unpaired) electrons. The van der Waals surface area contributed by atoms with E-state index in [1.807, 2.05) is 23.7 Å². The third-order valence-corrected chi connectivity index (χ3v) is 5.45. The average Bonchev–Trinajstić information content (AvgIpc) is 3.26. The number of tetrazole rings is 1. The Labute approximate surface area is 153 Å². The fourth-order valence-electron chi connectivity index (χ4n) is 2.86. The first-order valence-corrected chi connectivity index (χ1v) is 9.79. The zero-order chi connectivity index (χ0) is 16.9. The molecule has 24 heavy (non-hydrogen) atoms. The topological polar surface area (TPSA) is 76.8 Å². The van der Waals surface area contributed by atoms with Crippen molar-refractivity contribution in [3.63, 3.8) is 0 Å². The van der Waals surface area contributed by atoms with Crippen LogP contribution < -0.4 is 4.90 Å². The van der Waals surface area contributed by atoms with E-state index in [1.54, 1.807) is 11.1 Å². The monoisotopic (exact) mass is 410 g/mol. The van der Waals surface area contributed by atoms with Gasteiger partial charge in [-0.3, -0.25) is 9.69 Å². The van der Waals surface area contributed by atoms with Gasteiger partial charge in [-0.05, 0) is 58.3 Å². The Bertz CT molecular complexity index is 686. The highest BCUT2D eigenvalue weighted by molar-refractivity contribution is 9.10. The zero-order valence-electron chi connectivity index (χ0n) is 13.4. The fourth-order valence-corrected chi connectivity index (χ4v) is 3.91. The van der Waals surface area contributed by atoms with Crippen LogP contribution in [0.25, 0.3) is 0 Å². The molecule has 0 aromatic carbocycles. The molecule has 1 fully saturated rings. The number of carbonyl (C=O) groups excluding carboxylic acids is 1. The molecule has 128 valence electrons. The van der Waals surface area contributed by atoms with Gasteiger partial charge in [0.1, 0.15) is 5.82 Å². The third kappa shape index (κ3) is 3.94. The van der Waals surface area contributed by atoms with Gasteiger partial charge in [0.05, 0.1) is 11.8 Å². The van der Waals surface area contributed by atoms with Gasteiger partial charge in [0, 0.05) is 17.2 Å². The predicted octanol–water partition coefficient (Wildman–Crippen LogP) is 3.09. The molecule has 7 nitrogen and oxygen atoms in total.